The number of aliphatic hydroxyl groups excluding tert-OH is 11. The van der Waals surface area contributed by atoms with E-state index >= 15 is 0 Å². The molecular weight excluding hydrogens is 1330 g/mol. The third-order valence-corrected chi connectivity index (χ3v) is 22.3. The van der Waals surface area contributed by atoms with Crippen LogP contribution in [0.4, 0.5) is 0 Å². The molecule has 0 saturated carbocycles. The van der Waals surface area contributed by atoms with Crippen LogP contribution in [-0.2, 0) is 33.2 Å². The maximum atomic E-state index is 13.5. The van der Waals surface area contributed by atoms with Crippen molar-refractivity contribution in [1.29, 1.82) is 0 Å². The summed E-state index contributed by atoms with van der Waals surface area (Å²) in [7, 11) is 0. The fraction of sp³-hybridized carbons (Fsp3) is 0.942. The van der Waals surface area contributed by atoms with Gasteiger partial charge in [0.25, 0.3) is 0 Å². The summed E-state index contributed by atoms with van der Waals surface area (Å²) < 4.78 is 34.6. The van der Waals surface area contributed by atoms with E-state index in [4.69, 9.17) is 28.4 Å². The number of ether oxygens (including phenoxy) is 6. The van der Waals surface area contributed by atoms with Crippen molar-refractivity contribution >= 4 is 5.91 Å². The Bertz CT molecular complexity index is 1990. The summed E-state index contributed by atoms with van der Waals surface area (Å²) in [4.78, 5) is 13.5. The van der Waals surface area contributed by atoms with E-state index in [0.29, 0.717) is 12.8 Å². The Balaban J connectivity index is 1.32. The molecule has 0 aromatic heterocycles. The summed E-state index contributed by atoms with van der Waals surface area (Å²) >= 11 is 0. The third-order valence-electron chi connectivity index (χ3n) is 22.3. The minimum absolute atomic E-state index is 0.233. The quantitative estimate of drug-likeness (QED) is 0.0199. The van der Waals surface area contributed by atoms with Crippen LogP contribution in [0.2, 0.25) is 0 Å². The highest BCUT2D eigenvalue weighted by molar-refractivity contribution is 5.76. The molecule has 105 heavy (non-hydrogen) atoms. The Morgan fingerprint density at radius 3 is 0.971 bits per heavy atom. The van der Waals surface area contributed by atoms with Crippen LogP contribution in [0, 0.1) is 0 Å². The van der Waals surface area contributed by atoms with Gasteiger partial charge in [0.1, 0.15) is 73.2 Å². The molecule has 0 bridgehead atoms. The molecule has 3 aliphatic rings. The van der Waals surface area contributed by atoms with Crippen LogP contribution in [0.1, 0.15) is 386 Å². The lowest BCUT2D eigenvalue weighted by Crippen LogP contribution is -2.66. The second kappa shape index (κ2) is 66.8. The first kappa shape index (κ1) is 97.5. The average Bonchev–Trinajstić information content (AvgIpc) is 0.781. The molecule has 19 nitrogen and oxygen atoms in total. The predicted octanol–water partition coefficient (Wildman–Crippen LogP) is 16.1. The number of nitrogens with one attached hydrogen (secondary N) is 1. The van der Waals surface area contributed by atoms with Gasteiger partial charge in [-0.3, -0.25) is 4.79 Å². The minimum Gasteiger partial charge on any atom is -0.394 e. The summed E-state index contributed by atoms with van der Waals surface area (Å²) in [5.41, 5.74) is 0. The van der Waals surface area contributed by atoms with Crippen molar-refractivity contribution in [2.45, 2.75) is 491 Å². The molecule has 17 atom stereocenters. The van der Waals surface area contributed by atoms with Crippen LogP contribution in [0.25, 0.3) is 0 Å². The van der Waals surface area contributed by atoms with Crippen LogP contribution < -0.4 is 5.32 Å². The number of amides is 1. The number of rotatable bonds is 72. The zero-order valence-corrected chi connectivity index (χ0v) is 66.7. The number of aliphatic hydroxyl groups is 11. The lowest BCUT2D eigenvalue weighted by molar-refractivity contribution is -0.379. The van der Waals surface area contributed by atoms with Crippen molar-refractivity contribution in [1.82, 2.24) is 5.32 Å². The molecule has 3 fully saturated rings. The molecule has 0 radical (unpaired) electrons. The van der Waals surface area contributed by atoms with Gasteiger partial charge in [-0.25, -0.2) is 0 Å². The van der Waals surface area contributed by atoms with Gasteiger partial charge < -0.3 is 89.9 Å². The first-order valence-corrected chi connectivity index (χ1v) is 44.1. The summed E-state index contributed by atoms with van der Waals surface area (Å²) in [5.74, 6) is -0.233. The lowest BCUT2D eigenvalue weighted by atomic mass is 9.96. The fourth-order valence-corrected chi connectivity index (χ4v) is 15.2. The Morgan fingerprint density at radius 2 is 0.629 bits per heavy atom. The highest BCUT2D eigenvalue weighted by Crippen LogP contribution is 2.34. The number of unbranched alkanes of at least 4 members (excludes halogenated alkanes) is 52. The van der Waals surface area contributed by atoms with E-state index in [1.807, 2.05) is 0 Å². The first-order chi connectivity index (χ1) is 51.3. The van der Waals surface area contributed by atoms with Gasteiger partial charge >= 0.3 is 0 Å². The highest BCUT2D eigenvalue weighted by atomic mass is 16.8. The standard InChI is InChI=1S/C86H163NO18/c1-3-5-7-9-11-13-15-17-19-21-23-25-27-29-30-31-32-33-34-35-36-37-38-40-42-44-46-48-50-52-54-56-58-60-62-64-74(92)87-69(70(91)63-61-59-57-55-53-51-49-47-45-43-41-39-28-26-24-22-20-18-16-14-12-10-8-6-4-2)68-100-84-80(98)77(95)82(72(66-89)102-84)105-86-81(99)78(96)83(73(67-90)103-86)104-85-79(97)76(94)75(93)71(65-88)101-85/h15,17,21,23,69-73,75-86,88-91,93-99H,3-14,16,18-20,22,24-68H2,1-2H3,(H,87,92)/b17-15-,23-21-. The SMILES string of the molecule is CCCCCCC/C=C\C/C=C\CCCCCCCCCCCCCCCCCCCCCCCCCC(=O)NC(COC1OC(CO)C(OC2OC(CO)C(OC3OC(CO)C(O)C(O)C3O)C(O)C2O)C(O)C1O)C(O)CCCCCCCCCCCCCCCCCCCCCCCCCCC. The Labute approximate surface area is 638 Å². The molecule has 17 unspecified atom stereocenters. The molecule has 3 saturated heterocycles. The molecule has 3 heterocycles. The third kappa shape index (κ3) is 46.1. The molecular formula is C86H163NO18. The largest absolute Gasteiger partial charge is 0.394 e. The summed E-state index contributed by atoms with van der Waals surface area (Å²) in [6.45, 7) is 1.86. The number of carbonyl (C=O) groups excluding carboxylic acids is 1. The first-order valence-electron chi connectivity index (χ1n) is 44.1. The van der Waals surface area contributed by atoms with Crippen molar-refractivity contribution in [2.75, 3.05) is 26.4 Å². The zero-order chi connectivity index (χ0) is 76.0. The van der Waals surface area contributed by atoms with Crippen LogP contribution in [0.15, 0.2) is 24.3 Å². The predicted molar refractivity (Wildman–Crippen MR) is 420 cm³/mol. The van der Waals surface area contributed by atoms with Crippen molar-refractivity contribution in [3.8, 4) is 0 Å². The maximum Gasteiger partial charge on any atom is 0.220 e. The van der Waals surface area contributed by atoms with E-state index in [-0.39, 0.29) is 18.9 Å². The van der Waals surface area contributed by atoms with Gasteiger partial charge in [0, 0.05) is 6.42 Å². The number of allylic oxidation sites excluding steroid dienone is 4. The van der Waals surface area contributed by atoms with Gasteiger partial charge in [-0.2, -0.15) is 0 Å². The van der Waals surface area contributed by atoms with Crippen molar-refractivity contribution in [2.24, 2.45) is 0 Å². The second-order valence-electron chi connectivity index (χ2n) is 31.7. The molecule has 1 amide bonds. The molecule has 12 N–H and O–H groups in total. The molecule has 0 aromatic rings. The van der Waals surface area contributed by atoms with Crippen molar-refractivity contribution < 1.29 is 89.4 Å². The van der Waals surface area contributed by atoms with Crippen LogP contribution in [0.3, 0.4) is 0 Å². The topological polar surface area (TPSA) is 307 Å². The van der Waals surface area contributed by atoms with E-state index < -0.39 is 124 Å². The molecule has 3 rings (SSSR count). The van der Waals surface area contributed by atoms with Gasteiger partial charge in [0.15, 0.2) is 18.9 Å². The lowest BCUT2D eigenvalue weighted by Gasteiger charge is -2.48. The van der Waals surface area contributed by atoms with E-state index in [2.05, 4.69) is 43.5 Å². The molecule has 0 spiro atoms. The van der Waals surface area contributed by atoms with Gasteiger partial charge in [-0.1, -0.05) is 359 Å². The van der Waals surface area contributed by atoms with Crippen LogP contribution in [-0.4, -0.2) is 193 Å². The maximum absolute atomic E-state index is 13.5. The number of hydrogen-bond acceptors (Lipinski definition) is 18. The van der Waals surface area contributed by atoms with Crippen molar-refractivity contribution in [3.05, 3.63) is 24.3 Å². The van der Waals surface area contributed by atoms with Gasteiger partial charge in [-0.15, -0.1) is 0 Å². The molecule has 620 valence electrons. The van der Waals surface area contributed by atoms with Crippen molar-refractivity contribution in [3.63, 3.8) is 0 Å². The zero-order valence-electron chi connectivity index (χ0n) is 66.7. The summed E-state index contributed by atoms with van der Waals surface area (Å²) in [6, 6.07) is -0.886. The molecule has 3 aliphatic heterocycles. The Hall–Kier alpha value is -1.73. The van der Waals surface area contributed by atoms with Crippen LogP contribution in [0.5, 0.6) is 0 Å². The smallest absolute Gasteiger partial charge is 0.220 e. The van der Waals surface area contributed by atoms with E-state index in [1.54, 1.807) is 0 Å². The normalized spacial score (nSPS) is 25.8. The summed E-state index contributed by atoms with van der Waals surface area (Å²) in [5, 5.41) is 121. The van der Waals surface area contributed by atoms with E-state index in [0.717, 1.165) is 51.4 Å². The number of carbonyl (C=O) groups is 1. The monoisotopic (exact) mass is 1500 g/mol. The second-order valence-corrected chi connectivity index (χ2v) is 31.7. The Kier molecular flexibility index (Phi) is 62.0. The highest BCUT2D eigenvalue weighted by Gasteiger charge is 2.54. The summed E-state index contributed by atoms with van der Waals surface area (Å²) in [6.07, 6.45) is 55.7. The van der Waals surface area contributed by atoms with Gasteiger partial charge in [0.05, 0.1) is 38.6 Å². The van der Waals surface area contributed by atoms with E-state index in [1.165, 1.54) is 302 Å². The van der Waals surface area contributed by atoms with Gasteiger partial charge in [0.2, 0.25) is 5.91 Å². The average molecular weight is 1500 g/mol. The Morgan fingerprint density at radius 1 is 0.343 bits per heavy atom. The molecule has 0 aromatic carbocycles. The molecule has 19 heteroatoms. The van der Waals surface area contributed by atoms with Gasteiger partial charge in [-0.05, 0) is 44.9 Å². The molecule has 0 aliphatic carbocycles. The van der Waals surface area contributed by atoms with Crippen LogP contribution >= 0.6 is 0 Å². The minimum atomic E-state index is -1.97. The number of hydrogen-bond donors (Lipinski definition) is 12. The fourth-order valence-electron chi connectivity index (χ4n) is 15.2. The van der Waals surface area contributed by atoms with E-state index in [9.17, 15) is 61.0 Å².